The minimum atomic E-state index is -4.88. The summed E-state index contributed by atoms with van der Waals surface area (Å²) in [5.41, 5.74) is -0.623. The Morgan fingerprint density at radius 1 is 0.892 bits per heavy atom. The molecule has 1 aliphatic rings. The molecule has 0 aromatic heterocycles. The number of likely N-dealkylation sites (tertiary alicyclic amines) is 1. The molecule has 2 unspecified atom stereocenters. The summed E-state index contributed by atoms with van der Waals surface area (Å²) in [6.45, 7) is 1.46. The van der Waals surface area contributed by atoms with Gasteiger partial charge >= 0.3 is 12.4 Å². The van der Waals surface area contributed by atoms with Crippen molar-refractivity contribution in [2.24, 2.45) is 0 Å². The monoisotopic (exact) mass is 520 g/mol. The van der Waals surface area contributed by atoms with Crippen LogP contribution in [0.2, 0.25) is 0 Å². The fourth-order valence-electron chi connectivity index (χ4n) is 5.02. The van der Waals surface area contributed by atoms with Crippen LogP contribution in [0, 0.1) is 6.42 Å². The van der Waals surface area contributed by atoms with E-state index in [0.717, 1.165) is 37.1 Å². The number of piperidine rings is 1. The van der Waals surface area contributed by atoms with Gasteiger partial charge in [0.05, 0.1) is 18.2 Å². The summed E-state index contributed by atoms with van der Waals surface area (Å²) in [6.07, 6.45) is -6.12. The number of hydrogen-bond donors (Lipinski definition) is 0. The number of halogens is 6. The Hall–Kier alpha value is -3.00. The van der Waals surface area contributed by atoms with E-state index in [0.29, 0.717) is 12.3 Å². The van der Waals surface area contributed by atoms with E-state index in [1.165, 1.54) is 5.56 Å². The summed E-state index contributed by atoms with van der Waals surface area (Å²) in [6, 6.07) is 18.9. The zero-order valence-electron chi connectivity index (χ0n) is 20.3. The standard InChI is InChI=1S/C29H28F6NO/c1-37-27-12-6-5-11-25(27)26(36-15-7-10-22(19-36)21-8-3-2-4-9-21)14-13-20-16-23(28(30,31)32)18-24(17-20)29(33,34)35/h2-6,8-9,11-12,14,16-18,22,26H,7,10,13,15,19H2,1H3. The average molecular weight is 521 g/mol. The van der Waals surface area contributed by atoms with Gasteiger partial charge < -0.3 is 4.74 Å². The van der Waals surface area contributed by atoms with Gasteiger partial charge in [0.2, 0.25) is 0 Å². The largest absolute Gasteiger partial charge is 0.496 e. The highest BCUT2D eigenvalue weighted by molar-refractivity contribution is 5.39. The molecule has 8 heteroatoms. The van der Waals surface area contributed by atoms with Crippen LogP contribution < -0.4 is 4.74 Å². The van der Waals surface area contributed by atoms with E-state index in [1.54, 1.807) is 19.6 Å². The van der Waals surface area contributed by atoms with Crippen LogP contribution in [-0.4, -0.2) is 25.1 Å². The number of nitrogens with zero attached hydrogens (tertiary/aromatic N) is 1. The van der Waals surface area contributed by atoms with Crippen LogP contribution in [0.25, 0.3) is 0 Å². The molecule has 1 radical (unpaired) electrons. The highest BCUT2D eigenvalue weighted by atomic mass is 19.4. The summed E-state index contributed by atoms with van der Waals surface area (Å²) in [5.74, 6) is 0.886. The second-order valence-corrected chi connectivity index (χ2v) is 9.29. The van der Waals surface area contributed by atoms with Gasteiger partial charge in [0, 0.05) is 18.2 Å². The fourth-order valence-corrected chi connectivity index (χ4v) is 5.02. The molecule has 4 rings (SSSR count). The molecule has 1 heterocycles. The van der Waals surface area contributed by atoms with Crippen molar-refractivity contribution in [2.45, 2.75) is 43.6 Å². The first kappa shape index (κ1) is 27.0. The van der Waals surface area contributed by atoms with Gasteiger partial charge in [-0.2, -0.15) is 26.3 Å². The number of methoxy groups -OCH3 is 1. The first-order valence-electron chi connectivity index (χ1n) is 12.1. The number of benzene rings is 3. The summed E-state index contributed by atoms with van der Waals surface area (Å²) < 4.78 is 85.9. The zero-order valence-corrected chi connectivity index (χ0v) is 20.3. The smallest absolute Gasteiger partial charge is 0.416 e. The molecule has 37 heavy (non-hydrogen) atoms. The third kappa shape index (κ3) is 6.66. The molecule has 0 N–H and O–H groups in total. The molecule has 2 nitrogen and oxygen atoms in total. The molecule has 0 saturated carbocycles. The quantitative estimate of drug-likeness (QED) is 0.292. The lowest BCUT2D eigenvalue weighted by molar-refractivity contribution is -0.143. The van der Waals surface area contributed by atoms with E-state index >= 15 is 0 Å². The Balaban J connectivity index is 1.65. The van der Waals surface area contributed by atoms with Gasteiger partial charge in [-0.05, 0) is 73.5 Å². The average Bonchev–Trinajstić information content (AvgIpc) is 2.88. The Morgan fingerprint density at radius 2 is 1.51 bits per heavy atom. The molecule has 0 bridgehead atoms. The van der Waals surface area contributed by atoms with Gasteiger partial charge in [-0.25, -0.2) is 0 Å². The first-order valence-corrected chi connectivity index (χ1v) is 12.1. The van der Waals surface area contributed by atoms with Gasteiger partial charge in [-0.3, -0.25) is 4.90 Å². The van der Waals surface area contributed by atoms with Gasteiger partial charge in [-0.1, -0.05) is 48.5 Å². The second-order valence-electron chi connectivity index (χ2n) is 9.29. The van der Waals surface area contributed by atoms with Gasteiger partial charge in [0.25, 0.3) is 0 Å². The predicted molar refractivity (Wildman–Crippen MR) is 130 cm³/mol. The molecular weight excluding hydrogens is 492 g/mol. The topological polar surface area (TPSA) is 12.5 Å². The lowest BCUT2D eigenvalue weighted by Gasteiger charge is -2.39. The number of alkyl halides is 6. The minimum Gasteiger partial charge on any atom is -0.496 e. The van der Waals surface area contributed by atoms with Gasteiger partial charge in [0.1, 0.15) is 5.75 Å². The molecule has 197 valence electrons. The summed E-state index contributed by atoms with van der Waals surface area (Å²) in [7, 11) is 1.54. The Morgan fingerprint density at radius 3 is 2.14 bits per heavy atom. The van der Waals surface area contributed by atoms with E-state index in [-0.39, 0.29) is 30.0 Å². The van der Waals surface area contributed by atoms with Crippen molar-refractivity contribution in [1.29, 1.82) is 0 Å². The molecule has 0 spiro atoms. The molecule has 3 aromatic carbocycles. The Labute approximate surface area is 212 Å². The summed E-state index contributed by atoms with van der Waals surface area (Å²) >= 11 is 0. The molecule has 2 atom stereocenters. The predicted octanol–water partition coefficient (Wildman–Crippen LogP) is 8.10. The van der Waals surface area contributed by atoms with Gasteiger partial charge in [0.15, 0.2) is 0 Å². The minimum absolute atomic E-state index is 0.0429. The molecule has 1 fully saturated rings. The second kappa shape index (κ2) is 11.2. The maximum atomic E-state index is 13.4. The van der Waals surface area contributed by atoms with Crippen LogP contribution in [0.4, 0.5) is 26.3 Å². The van der Waals surface area contributed by atoms with Crippen molar-refractivity contribution in [3.05, 3.63) is 107 Å². The number of rotatable bonds is 7. The van der Waals surface area contributed by atoms with E-state index in [9.17, 15) is 26.3 Å². The Bertz CT molecular complexity index is 1140. The Kier molecular flexibility index (Phi) is 8.17. The number of ether oxygens (including phenoxy) is 1. The molecule has 1 aliphatic heterocycles. The normalized spacial score (nSPS) is 18.0. The van der Waals surface area contributed by atoms with E-state index in [4.69, 9.17) is 4.74 Å². The van der Waals surface area contributed by atoms with E-state index in [1.807, 2.05) is 36.4 Å². The van der Waals surface area contributed by atoms with Crippen molar-refractivity contribution in [1.82, 2.24) is 4.90 Å². The van der Waals surface area contributed by atoms with Crippen molar-refractivity contribution in [3.63, 3.8) is 0 Å². The molecule has 0 amide bonds. The molecular formula is C29H28F6NO. The van der Waals surface area contributed by atoms with Crippen LogP contribution >= 0.6 is 0 Å². The van der Waals surface area contributed by atoms with E-state index < -0.39 is 23.5 Å². The van der Waals surface area contributed by atoms with Gasteiger partial charge in [-0.15, -0.1) is 0 Å². The van der Waals surface area contributed by atoms with E-state index in [2.05, 4.69) is 17.0 Å². The molecule has 3 aromatic rings. The third-order valence-electron chi connectivity index (χ3n) is 6.80. The summed E-state index contributed by atoms with van der Waals surface area (Å²) in [5, 5.41) is 0. The lowest BCUT2D eigenvalue weighted by Crippen LogP contribution is -2.38. The SMILES string of the molecule is COc1ccccc1C([CH]Cc1cc(C(F)(F)F)cc(C(F)(F)F)c1)N1CCCC(c2ccccc2)C1. The highest BCUT2D eigenvalue weighted by Crippen LogP contribution is 2.39. The van der Waals surface area contributed by atoms with Crippen molar-refractivity contribution < 1.29 is 31.1 Å². The number of para-hydroxylation sites is 1. The van der Waals surface area contributed by atoms with Crippen LogP contribution in [0.5, 0.6) is 5.75 Å². The third-order valence-corrected chi connectivity index (χ3v) is 6.80. The maximum Gasteiger partial charge on any atom is 0.416 e. The molecule has 1 saturated heterocycles. The highest BCUT2D eigenvalue weighted by Gasteiger charge is 2.37. The van der Waals surface area contributed by atoms with Crippen LogP contribution in [0.3, 0.4) is 0 Å². The lowest BCUT2D eigenvalue weighted by atomic mass is 9.87. The zero-order chi connectivity index (χ0) is 26.6. The summed E-state index contributed by atoms with van der Waals surface area (Å²) in [4.78, 5) is 2.23. The number of hydrogen-bond acceptors (Lipinski definition) is 2. The van der Waals surface area contributed by atoms with Crippen LogP contribution in [0.15, 0.2) is 72.8 Å². The van der Waals surface area contributed by atoms with Crippen LogP contribution in [0.1, 0.15) is 52.6 Å². The first-order chi connectivity index (χ1) is 17.6. The van der Waals surface area contributed by atoms with Crippen molar-refractivity contribution in [3.8, 4) is 5.75 Å². The van der Waals surface area contributed by atoms with Crippen LogP contribution in [-0.2, 0) is 18.8 Å². The van der Waals surface area contributed by atoms with Crippen molar-refractivity contribution >= 4 is 0 Å². The fraction of sp³-hybridized carbons (Fsp3) is 0.345. The maximum absolute atomic E-state index is 13.4. The van der Waals surface area contributed by atoms with Crippen molar-refractivity contribution in [2.75, 3.05) is 20.2 Å². The molecule has 0 aliphatic carbocycles.